The molecule has 0 aliphatic rings. The summed E-state index contributed by atoms with van der Waals surface area (Å²) in [5.41, 5.74) is 1.12. The molecule has 0 spiro atoms. The van der Waals surface area contributed by atoms with Crippen LogP contribution >= 0.6 is 22.6 Å². The second-order valence-corrected chi connectivity index (χ2v) is 4.83. The summed E-state index contributed by atoms with van der Waals surface area (Å²) in [6, 6.07) is 7.52. The molecule has 4 nitrogen and oxygen atoms in total. The number of carbonyl (C=O) groups is 1. The van der Waals surface area contributed by atoms with Crippen molar-refractivity contribution in [2.45, 2.75) is 0 Å². The Kier molecular flexibility index (Phi) is 4.31. The number of esters is 1. The van der Waals surface area contributed by atoms with Crippen molar-refractivity contribution in [2.75, 3.05) is 12.4 Å². The van der Waals surface area contributed by atoms with Crippen molar-refractivity contribution in [3.05, 3.63) is 51.5 Å². The van der Waals surface area contributed by atoms with E-state index in [0.717, 1.165) is 9.26 Å². The zero-order chi connectivity index (χ0) is 13.8. The van der Waals surface area contributed by atoms with Gasteiger partial charge >= 0.3 is 5.97 Å². The molecule has 19 heavy (non-hydrogen) atoms. The summed E-state index contributed by atoms with van der Waals surface area (Å²) in [5, 5.41) is 3.03. The number of halogens is 2. The van der Waals surface area contributed by atoms with Crippen molar-refractivity contribution in [3.8, 4) is 0 Å². The lowest BCUT2D eigenvalue weighted by Gasteiger charge is -2.08. The minimum absolute atomic E-state index is 0.300. The molecule has 0 radical (unpaired) electrons. The second-order valence-electron chi connectivity index (χ2n) is 3.67. The first-order valence-electron chi connectivity index (χ1n) is 5.36. The molecule has 0 bridgehead atoms. The molecule has 0 saturated carbocycles. The molecule has 0 unspecified atom stereocenters. The zero-order valence-corrected chi connectivity index (χ0v) is 12.1. The van der Waals surface area contributed by atoms with E-state index in [4.69, 9.17) is 0 Å². The van der Waals surface area contributed by atoms with Gasteiger partial charge < -0.3 is 10.1 Å². The van der Waals surface area contributed by atoms with Crippen LogP contribution in [0.3, 0.4) is 0 Å². The van der Waals surface area contributed by atoms with Gasteiger partial charge in [0.05, 0.1) is 18.4 Å². The van der Waals surface area contributed by atoms with Crippen LogP contribution in [0.1, 0.15) is 10.4 Å². The third-order valence-electron chi connectivity index (χ3n) is 2.37. The molecule has 6 heteroatoms. The lowest BCUT2D eigenvalue weighted by Crippen LogP contribution is -2.03. The first-order valence-corrected chi connectivity index (χ1v) is 6.44. The average molecular weight is 372 g/mol. The van der Waals surface area contributed by atoms with E-state index in [1.807, 2.05) is 22.6 Å². The maximum absolute atomic E-state index is 13.0. The van der Waals surface area contributed by atoms with E-state index in [2.05, 4.69) is 15.0 Å². The average Bonchev–Trinajstić information content (AvgIpc) is 2.41. The summed E-state index contributed by atoms with van der Waals surface area (Å²) in [5.74, 6) is -0.238. The number of pyridine rings is 1. The van der Waals surface area contributed by atoms with Crippen LogP contribution in [0.2, 0.25) is 0 Å². The van der Waals surface area contributed by atoms with Crippen LogP contribution in [0.4, 0.5) is 15.9 Å². The molecule has 1 aromatic heterocycles. The molecule has 0 aliphatic heterocycles. The normalized spacial score (nSPS) is 10.1. The van der Waals surface area contributed by atoms with Crippen LogP contribution < -0.4 is 5.32 Å². The summed E-state index contributed by atoms with van der Waals surface area (Å²) in [6.07, 6.45) is 1.50. The Labute approximate surface area is 123 Å². The topological polar surface area (TPSA) is 51.2 Å². The number of nitrogens with one attached hydrogen (secondary N) is 1. The Hall–Kier alpha value is -1.70. The van der Waals surface area contributed by atoms with Crippen LogP contribution in [0, 0.1) is 9.39 Å². The van der Waals surface area contributed by atoms with Gasteiger partial charge in [-0.05, 0) is 52.9 Å². The summed E-state index contributed by atoms with van der Waals surface area (Å²) in [6.45, 7) is 0. The Balaban J connectivity index is 2.26. The second kappa shape index (κ2) is 5.96. The molecular formula is C13H10FIN2O2. The molecule has 1 heterocycles. The van der Waals surface area contributed by atoms with Crippen molar-refractivity contribution >= 4 is 40.1 Å². The van der Waals surface area contributed by atoms with Crippen LogP contribution in [-0.4, -0.2) is 18.1 Å². The first-order chi connectivity index (χ1) is 9.10. The van der Waals surface area contributed by atoms with E-state index >= 15 is 0 Å². The Morgan fingerprint density at radius 3 is 2.84 bits per heavy atom. The van der Waals surface area contributed by atoms with Gasteiger partial charge in [-0.3, -0.25) is 0 Å². The number of methoxy groups -OCH3 is 1. The summed E-state index contributed by atoms with van der Waals surface area (Å²) in [7, 11) is 1.32. The van der Waals surface area contributed by atoms with Gasteiger partial charge in [-0.2, -0.15) is 0 Å². The van der Waals surface area contributed by atoms with Crippen molar-refractivity contribution in [3.63, 3.8) is 0 Å². The van der Waals surface area contributed by atoms with Gasteiger partial charge in [0.2, 0.25) is 0 Å². The molecule has 0 atom stereocenters. The van der Waals surface area contributed by atoms with Crippen molar-refractivity contribution in [2.24, 2.45) is 0 Å². The number of rotatable bonds is 3. The molecule has 1 N–H and O–H groups in total. The Morgan fingerprint density at radius 2 is 2.16 bits per heavy atom. The Bertz CT molecular complexity index is 619. The van der Waals surface area contributed by atoms with Crippen molar-refractivity contribution < 1.29 is 13.9 Å². The van der Waals surface area contributed by atoms with E-state index in [1.54, 1.807) is 18.2 Å². The lowest BCUT2D eigenvalue weighted by atomic mass is 10.2. The quantitative estimate of drug-likeness (QED) is 0.663. The van der Waals surface area contributed by atoms with E-state index in [9.17, 15) is 9.18 Å². The highest BCUT2D eigenvalue weighted by Crippen LogP contribution is 2.22. The van der Waals surface area contributed by atoms with E-state index in [1.165, 1.54) is 25.4 Å². The number of ether oxygens (including phenoxy) is 1. The standard InChI is InChI=1S/C13H10FIN2O2/c1-19-13(18)8-4-5-16-12(6-8)17-11-3-2-9(14)7-10(11)15/h2-7H,1H3,(H,16,17). The monoisotopic (exact) mass is 372 g/mol. The highest BCUT2D eigenvalue weighted by atomic mass is 127. The van der Waals surface area contributed by atoms with E-state index in [-0.39, 0.29) is 5.82 Å². The van der Waals surface area contributed by atoms with Gasteiger partial charge in [-0.15, -0.1) is 0 Å². The maximum atomic E-state index is 13.0. The fraction of sp³-hybridized carbons (Fsp3) is 0.0769. The number of anilines is 2. The van der Waals surface area contributed by atoms with Gasteiger partial charge in [0, 0.05) is 9.77 Å². The predicted molar refractivity (Wildman–Crippen MR) is 78.0 cm³/mol. The molecule has 98 valence electrons. The van der Waals surface area contributed by atoms with Crippen molar-refractivity contribution in [1.29, 1.82) is 0 Å². The van der Waals surface area contributed by atoms with Crippen LogP contribution in [-0.2, 0) is 4.74 Å². The van der Waals surface area contributed by atoms with Gasteiger partial charge in [-0.25, -0.2) is 14.2 Å². The van der Waals surface area contributed by atoms with Crippen molar-refractivity contribution in [1.82, 2.24) is 4.98 Å². The number of aromatic nitrogens is 1. The van der Waals surface area contributed by atoms with Gasteiger partial charge in [0.1, 0.15) is 11.6 Å². The number of carbonyl (C=O) groups excluding carboxylic acids is 1. The highest BCUT2D eigenvalue weighted by Gasteiger charge is 2.08. The minimum atomic E-state index is -0.431. The van der Waals surface area contributed by atoms with Gasteiger partial charge in [-0.1, -0.05) is 0 Å². The van der Waals surface area contributed by atoms with Gasteiger partial charge in [0.25, 0.3) is 0 Å². The molecule has 2 rings (SSSR count). The SMILES string of the molecule is COC(=O)c1ccnc(Nc2ccc(F)cc2I)c1. The zero-order valence-electron chi connectivity index (χ0n) is 9.98. The molecule has 0 amide bonds. The molecule has 0 aliphatic carbocycles. The maximum Gasteiger partial charge on any atom is 0.338 e. The predicted octanol–water partition coefficient (Wildman–Crippen LogP) is 3.36. The molecule has 0 fully saturated rings. The highest BCUT2D eigenvalue weighted by molar-refractivity contribution is 14.1. The summed E-state index contributed by atoms with van der Waals surface area (Å²) in [4.78, 5) is 15.5. The van der Waals surface area contributed by atoms with Crippen LogP contribution in [0.25, 0.3) is 0 Å². The number of nitrogens with zero attached hydrogens (tertiary/aromatic N) is 1. The molecule has 0 saturated heterocycles. The van der Waals surface area contributed by atoms with Crippen LogP contribution in [0.5, 0.6) is 0 Å². The largest absolute Gasteiger partial charge is 0.465 e. The number of hydrogen-bond donors (Lipinski definition) is 1. The molecule has 1 aromatic carbocycles. The summed E-state index contributed by atoms with van der Waals surface area (Å²) < 4.78 is 18.4. The Morgan fingerprint density at radius 1 is 1.37 bits per heavy atom. The fourth-order valence-electron chi connectivity index (χ4n) is 1.47. The molecular weight excluding hydrogens is 362 g/mol. The van der Waals surface area contributed by atoms with E-state index < -0.39 is 5.97 Å². The van der Waals surface area contributed by atoms with Crippen LogP contribution in [0.15, 0.2) is 36.5 Å². The smallest absolute Gasteiger partial charge is 0.338 e. The molecule has 2 aromatic rings. The third kappa shape index (κ3) is 3.40. The minimum Gasteiger partial charge on any atom is -0.465 e. The number of benzene rings is 1. The van der Waals surface area contributed by atoms with Gasteiger partial charge in [0.15, 0.2) is 0 Å². The first kappa shape index (κ1) is 13.7. The number of hydrogen-bond acceptors (Lipinski definition) is 4. The van der Waals surface area contributed by atoms with E-state index in [0.29, 0.717) is 11.4 Å². The lowest BCUT2D eigenvalue weighted by molar-refractivity contribution is 0.0600. The third-order valence-corrected chi connectivity index (χ3v) is 3.27. The fourth-order valence-corrected chi connectivity index (χ4v) is 2.08. The summed E-state index contributed by atoms with van der Waals surface area (Å²) >= 11 is 2.02.